The minimum absolute atomic E-state index is 0.0456. The van der Waals surface area contributed by atoms with E-state index in [9.17, 15) is 0 Å². The molecule has 1 nitrogen and oxygen atoms in total. The Hall–Kier alpha value is -0.290. The number of benzene rings is 2. The molecule has 94 valence electrons. The van der Waals surface area contributed by atoms with Gasteiger partial charge in [0.25, 0.3) is 0 Å². The third-order valence-electron chi connectivity index (χ3n) is 2.80. The van der Waals surface area contributed by atoms with Crippen molar-refractivity contribution >= 4 is 45.8 Å². The molecule has 1 atom stereocenters. The second kappa shape index (κ2) is 6.24. The largest absolute Gasteiger partial charge is 0.309 e. The zero-order chi connectivity index (χ0) is 13.1. The Bertz CT molecular complexity index is 557. The van der Waals surface area contributed by atoms with Crippen LogP contribution in [0.4, 0.5) is 0 Å². The van der Waals surface area contributed by atoms with Crippen molar-refractivity contribution in [1.29, 1.82) is 0 Å². The van der Waals surface area contributed by atoms with Crippen molar-refractivity contribution in [1.82, 2.24) is 5.32 Å². The standard InChI is InChI=1S/C14H12Cl2IN/c1-18-14(9-5-2-3-8-12(9)17)10-6-4-7-11(15)13(10)16/h2-8,14,18H,1H3. The highest BCUT2D eigenvalue weighted by molar-refractivity contribution is 14.1. The van der Waals surface area contributed by atoms with Crippen LogP contribution in [0.3, 0.4) is 0 Å². The molecule has 0 aromatic heterocycles. The first-order valence-corrected chi connectivity index (χ1v) is 7.34. The van der Waals surface area contributed by atoms with Gasteiger partial charge in [0, 0.05) is 3.57 Å². The summed E-state index contributed by atoms with van der Waals surface area (Å²) in [6, 6.07) is 14.0. The van der Waals surface area contributed by atoms with Crippen LogP contribution in [0, 0.1) is 3.57 Å². The summed E-state index contributed by atoms with van der Waals surface area (Å²) in [5, 5.41) is 4.49. The quantitative estimate of drug-likeness (QED) is 0.733. The van der Waals surface area contributed by atoms with Gasteiger partial charge >= 0.3 is 0 Å². The highest BCUT2D eigenvalue weighted by Crippen LogP contribution is 2.34. The summed E-state index contributed by atoms with van der Waals surface area (Å²) in [6.07, 6.45) is 0. The van der Waals surface area contributed by atoms with Gasteiger partial charge in [0.15, 0.2) is 0 Å². The number of halogens is 3. The molecule has 0 saturated carbocycles. The van der Waals surface area contributed by atoms with E-state index < -0.39 is 0 Å². The van der Waals surface area contributed by atoms with Gasteiger partial charge in [-0.1, -0.05) is 53.5 Å². The summed E-state index contributed by atoms with van der Waals surface area (Å²) in [7, 11) is 1.92. The summed E-state index contributed by atoms with van der Waals surface area (Å²) in [5.74, 6) is 0. The number of hydrogen-bond donors (Lipinski definition) is 1. The summed E-state index contributed by atoms with van der Waals surface area (Å²) >= 11 is 14.7. The molecule has 2 aromatic carbocycles. The van der Waals surface area contributed by atoms with Gasteiger partial charge in [0.2, 0.25) is 0 Å². The smallest absolute Gasteiger partial charge is 0.0643 e. The second-order valence-electron chi connectivity index (χ2n) is 3.89. The van der Waals surface area contributed by atoms with Crippen LogP contribution >= 0.6 is 45.8 Å². The molecule has 0 radical (unpaired) electrons. The Kier molecular flexibility index (Phi) is 4.90. The van der Waals surface area contributed by atoms with Crippen molar-refractivity contribution in [2.24, 2.45) is 0 Å². The Labute approximate surface area is 131 Å². The molecule has 0 aliphatic carbocycles. The van der Waals surface area contributed by atoms with Crippen molar-refractivity contribution in [3.8, 4) is 0 Å². The summed E-state index contributed by atoms with van der Waals surface area (Å²) in [6.45, 7) is 0. The van der Waals surface area contributed by atoms with Crippen LogP contribution in [0.5, 0.6) is 0 Å². The minimum Gasteiger partial charge on any atom is -0.309 e. The van der Waals surface area contributed by atoms with E-state index in [0.717, 1.165) is 5.56 Å². The lowest BCUT2D eigenvalue weighted by Gasteiger charge is -2.20. The van der Waals surface area contributed by atoms with E-state index in [1.54, 1.807) is 6.07 Å². The van der Waals surface area contributed by atoms with Crippen molar-refractivity contribution in [2.75, 3.05) is 7.05 Å². The number of rotatable bonds is 3. The molecule has 1 unspecified atom stereocenters. The van der Waals surface area contributed by atoms with Crippen molar-refractivity contribution in [2.45, 2.75) is 6.04 Å². The predicted octanol–water partition coefficient (Wildman–Crippen LogP) is 4.91. The lowest BCUT2D eigenvalue weighted by atomic mass is 9.99. The first-order chi connectivity index (χ1) is 8.65. The average molecular weight is 392 g/mol. The summed E-state index contributed by atoms with van der Waals surface area (Å²) in [4.78, 5) is 0. The average Bonchev–Trinajstić information content (AvgIpc) is 2.37. The normalized spacial score (nSPS) is 12.4. The third-order valence-corrected chi connectivity index (χ3v) is 4.61. The first-order valence-electron chi connectivity index (χ1n) is 5.50. The molecule has 0 aliphatic heterocycles. The van der Waals surface area contributed by atoms with E-state index in [1.165, 1.54) is 9.13 Å². The molecule has 0 spiro atoms. The highest BCUT2D eigenvalue weighted by atomic mass is 127. The SMILES string of the molecule is CNC(c1ccccc1I)c1cccc(Cl)c1Cl. The topological polar surface area (TPSA) is 12.0 Å². The fraction of sp³-hybridized carbons (Fsp3) is 0.143. The fourth-order valence-corrected chi connectivity index (χ4v) is 3.05. The maximum Gasteiger partial charge on any atom is 0.0643 e. The molecule has 0 amide bonds. The van der Waals surface area contributed by atoms with Crippen molar-refractivity contribution in [3.63, 3.8) is 0 Å². The third kappa shape index (κ3) is 2.82. The molecule has 2 rings (SSSR count). The van der Waals surface area contributed by atoms with Gasteiger partial charge in [-0.25, -0.2) is 0 Å². The first kappa shape index (κ1) is 14.1. The summed E-state index contributed by atoms with van der Waals surface area (Å²) < 4.78 is 1.20. The maximum atomic E-state index is 6.29. The van der Waals surface area contributed by atoms with Gasteiger partial charge in [0.05, 0.1) is 16.1 Å². The van der Waals surface area contributed by atoms with Crippen LogP contribution < -0.4 is 5.32 Å². The van der Waals surface area contributed by atoms with E-state index in [4.69, 9.17) is 23.2 Å². The number of nitrogens with one attached hydrogen (secondary N) is 1. The lowest BCUT2D eigenvalue weighted by molar-refractivity contribution is 0.689. The van der Waals surface area contributed by atoms with Gasteiger partial charge in [0.1, 0.15) is 0 Å². The van der Waals surface area contributed by atoms with Gasteiger partial charge in [-0.3, -0.25) is 0 Å². The zero-order valence-electron chi connectivity index (χ0n) is 9.75. The van der Waals surface area contributed by atoms with Crippen LogP contribution in [0.15, 0.2) is 42.5 Å². The van der Waals surface area contributed by atoms with Crippen LogP contribution in [-0.2, 0) is 0 Å². The molecule has 0 bridgehead atoms. The van der Waals surface area contributed by atoms with E-state index in [-0.39, 0.29) is 6.04 Å². The molecule has 0 saturated heterocycles. The predicted molar refractivity (Wildman–Crippen MR) is 86.5 cm³/mol. The molecule has 1 N–H and O–H groups in total. The van der Waals surface area contributed by atoms with E-state index in [2.05, 4.69) is 40.0 Å². The van der Waals surface area contributed by atoms with Crippen molar-refractivity contribution in [3.05, 3.63) is 67.2 Å². The molecule has 0 fully saturated rings. The fourth-order valence-electron chi connectivity index (χ4n) is 1.93. The van der Waals surface area contributed by atoms with Crippen molar-refractivity contribution < 1.29 is 0 Å². The van der Waals surface area contributed by atoms with Crippen LogP contribution in [0.2, 0.25) is 10.0 Å². The number of hydrogen-bond acceptors (Lipinski definition) is 1. The zero-order valence-corrected chi connectivity index (χ0v) is 13.4. The van der Waals surface area contributed by atoms with Crippen LogP contribution in [0.1, 0.15) is 17.2 Å². The highest BCUT2D eigenvalue weighted by Gasteiger charge is 2.18. The van der Waals surface area contributed by atoms with Gasteiger partial charge in [-0.15, -0.1) is 0 Å². The second-order valence-corrected chi connectivity index (χ2v) is 5.83. The van der Waals surface area contributed by atoms with Gasteiger partial charge < -0.3 is 5.32 Å². The van der Waals surface area contributed by atoms with Crippen LogP contribution in [0.25, 0.3) is 0 Å². The molecule has 0 heterocycles. The van der Waals surface area contributed by atoms with Gasteiger partial charge in [-0.05, 0) is 52.9 Å². The Morgan fingerprint density at radius 3 is 2.33 bits per heavy atom. The van der Waals surface area contributed by atoms with Gasteiger partial charge in [-0.2, -0.15) is 0 Å². The summed E-state index contributed by atoms with van der Waals surface area (Å²) in [5.41, 5.74) is 2.19. The van der Waals surface area contributed by atoms with E-state index in [1.807, 2.05) is 31.3 Å². The van der Waals surface area contributed by atoms with Crippen LogP contribution in [-0.4, -0.2) is 7.05 Å². The minimum atomic E-state index is 0.0456. The molecule has 4 heteroatoms. The lowest BCUT2D eigenvalue weighted by Crippen LogP contribution is -2.19. The molecular formula is C14H12Cl2IN. The molecule has 18 heavy (non-hydrogen) atoms. The molecule has 2 aromatic rings. The Morgan fingerprint density at radius 1 is 1.00 bits per heavy atom. The van der Waals surface area contributed by atoms with E-state index >= 15 is 0 Å². The maximum absolute atomic E-state index is 6.29. The van der Waals surface area contributed by atoms with E-state index in [0.29, 0.717) is 10.0 Å². The molecule has 0 aliphatic rings. The Morgan fingerprint density at radius 2 is 1.67 bits per heavy atom. The monoisotopic (exact) mass is 391 g/mol. The molecular weight excluding hydrogens is 380 g/mol. The Balaban J connectivity index is 2.53.